The van der Waals surface area contributed by atoms with Crippen molar-refractivity contribution in [3.05, 3.63) is 34.3 Å². The van der Waals surface area contributed by atoms with Crippen LogP contribution < -0.4 is 5.73 Å². The fourth-order valence-electron chi connectivity index (χ4n) is 2.25. The summed E-state index contributed by atoms with van der Waals surface area (Å²) in [5.74, 6) is 2.58. The third-order valence-corrected chi connectivity index (χ3v) is 4.89. The van der Waals surface area contributed by atoms with E-state index in [-0.39, 0.29) is 6.04 Å². The van der Waals surface area contributed by atoms with Gasteiger partial charge < -0.3 is 10.6 Å². The first-order valence-electron chi connectivity index (χ1n) is 6.57. The van der Waals surface area contributed by atoms with E-state index in [1.807, 2.05) is 6.07 Å². The predicted octanol–water partition coefficient (Wildman–Crippen LogP) is 3.28. The second-order valence-electron chi connectivity index (χ2n) is 4.76. The first-order valence-corrected chi connectivity index (χ1v) is 8.51. The molecule has 1 saturated heterocycles. The number of benzene rings is 1. The van der Waals surface area contributed by atoms with Gasteiger partial charge in [0.2, 0.25) is 0 Å². The molecule has 100 valence electrons. The molecule has 0 aliphatic carbocycles. The molecule has 1 aliphatic rings. The average molecular weight is 329 g/mol. The van der Waals surface area contributed by atoms with Crippen LogP contribution in [-0.4, -0.2) is 36.0 Å². The molecule has 0 spiro atoms. The van der Waals surface area contributed by atoms with E-state index in [1.54, 1.807) is 0 Å². The van der Waals surface area contributed by atoms with Crippen molar-refractivity contribution in [2.24, 2.45) is 5.73 Å². The molecule has 0 aromatic heterocycles. The summed E-state index contributed by atoms with van der Waals surface area (Å²) in [6, 6.07) is 8.50. The number of nitrogens with zero attached hydrogens (tertiary/aromatic N) is 1. The summed E-state index contributed by atoms with van der Waals surface area (Å²) in [6.45, 7) is 3.57. The molecule has 1 unspecified atom stereocenters. The zero-order valence-electron chi connectivity index (χ0n) is 10.6. The van der Waals surface area contributed by atoms with Crippen LogP contribution in [0, 0.1) is 0 Å². The van der Waals surface area contributed by atoms with Gasteiger partial charge in [-0.15, -0.1) is 0 Å². The molecule has 0 saturated carbocycles. The van der Waals surface area contributed by atoms with E-state index < -0.39 is 0 Å². The number of halogens is 1. The van der Waals surface area contributed by atoms with Gasteiger partial charge in [0.05, 0.1) is 0 Å². The Morgan fingerprint density at radius 3 is 3.06 bits per heavy atom. The number of rotatable bonds is 4. The van der Waals surface area contributed by atoms with Gasteiger partial charge in [-0.25, -0.2) is 0 Å². The molecule has 1 fully saturated rings. The average Bonchev–Trinajstić information content (AvgIpc) is 2.64. The van der Waals surface area contributed by atoms with E-state index in [1.165, 1.54) is 36.6 Å². The topological polar surface area (TPSA) is 29.3 Å². The maximum absolute atomic E-state index is 6.27. The minimum absolute atomic E-state index is 0.151. The highest BCUT2D eigenvalue weighted by molar-refractivity contribution is 9.10. The summed E-state index contributed by atoms with van der Waals surface area (Å²) < 4.78 is 1.11. The highest BCUT2D eigenvalue weighted by atomic mass is 79.9. The molecule has 2 N–H and O–H groups in total. The van der Waals surface area contributed by atoms with Crippen molar-refractivity contribution in [3.8, 4) is 0 Å². The van der Waals surface area contributed by atoms with Crippen molar-refractivity contribution in [1.82, 2.24) is 4.90 Å². The summed E-state index contributed by atoms with van der Waals surface area (Å²) in [5.41, 5.74) is 7.50. The first kappa shape index (κ1) is 14.4. The normalized spacial score (nSPS) is 19.4. The molecule has 1 aliphatic heterocycles. The van der Waals surface area contributed by atoms with Gasteiger partial charge in [-0.3, -0.25) is 0 Å². The Kier molecular flexibility index (Phi) is 6.02. The lowest BCUT2D eigenvalue weighted by Crippen LogP contribution is -2.29. The summed E-state index contributed by atoms with van der Waals surface area (Å²) in [6.07, 6.45) is 2.36. The quantitative estimate of drug-likeness (QED) is 0.919. The predicted molar refractivity (Wildman–Crippen MR) is 84.1 cm³/mol. The van der Waals surface area contributed by atoms with Gasteiger partial charge >= 0.3 is 0 Å². The van der Waals surface area contributed by atoms with Crippen molar-refractivity contribution >= 4 is 27.7 Å². The molecule has 1 heterocycles. The molecular formula is C14H21BrN2S. The van der Waals surface area contributed by atoms with Crippen molar-refractivity contribution in [3.63, 3.8) is 0 Å². The standard InChI is InChI=1S/C14H21BrN2S/c15-13-4-1-3-12(11-13)14(16)5-7-17-6-2-9-18-10-8-17/h1,3-4,11,14H,2,5-10,16H2. The molecule has 0 bridgehead atoms. The molecule has 2 rings (SSSR count). The zero-order valence-corrected chi connectivity index (χ0v) is 13.0. The minimum atomic E-state index is 0.151. The highest BCUT2D eigenvalue weighted by Crippen LogP contribution is 2.19. The van der Waals surface area contributed by atoms with E-state index in [0.717, 1.165) is 17.4 Å². The SMILES string of the molecule is NC(CCN1CCCSCC1)c1cccc(Br)c1. The Labute approximate surface area is 122 Å². The van der Waals surface area contributed by atoms with Crippen molar-refractivity contribution in [2.75, 3.05) is 31.1 Å². The molecule has 4 heteroatoms. The summed E-state index contributed by atoms with van der Waals surface area (Å²) >= 11 is 5.57. The van der Waals surface area contributed by atoms with Crippen LogP contribution in [0.15, 0.2) is 28.7 Å². The Balaban J connectivity index is 1.82. The van der Waals surface area contributed by atoms with Crippen LogP contribution >= 0.6 is 27.7 Å². The highest BCUT2D eigenvalue weighted by Gasteiger charge is 2.12. The Bertz CT molecular complexity index is 365. The number of nitrogens with two attached hydrogens (primary N) is 1. The summed E-state index contributed by atoms with van der Waals surface area (Å²) in [5, 5.41) is 0. The molecule has 1 aromatic rings. The third kappa shape index (κ3) is 4.57. The van der Waals surface area contributed by atoms with Crippen LogP contribution in [0.3, 0.4) is 0 Å². The van der Waals surface area contributed by atoms with Gasteiger partial charge in [-0.2, -0.15) is 11.8 Å². The van der Waals surface area contributed by atoms with Gasteiger partial charge in [0.15, 0.2) is 0 Å². The maximum Gasteiger partial charge on any atom is 0.0307 e. The van der Waals surface area contributed by atoms with Gasteiger partial charge in [0.25, 0.3) is 0 Å². The second kappa shape index (κ2) is 7.53. The largest absolute Gasteiger partial charge is 0.324 e. The fourth-order valence-corrected chi connectivity index (χ4v) is 3.59. The van der Waals surface area contributed by atoms with E-state index in [0.29, 0.717) is 0 Å². The maximum atomic E-state index is 6.27. The lowest BCUT2D eigenvalue weighted by Gasteiger charge is -2.21. The van der Waals surface area contributed by atoms with Crippen LogP contribution in [0.25, 0.3) is 0 Å². The van der Waals surface area contributed by atoms with Crippen LogP contribution in [0.5, 0.6) is 0 Å². The number of hydrogen-bond donors (Lipinski definition) is 1. The second-order valence-corrected chi connectivity index (χ2v) is 6.90. The van der Waals surface area contributed by atoms with Gasteiger partial charge in [-0.05, 0) is 49.4 Å². The van der Waals surface area contributed by atoms with Crippen molar-refractivity contribution in [1.29, 1.82) is 0 Å². The first-order chi connectivity index (χ1) is 8.75. The van der Waals surface area contributed by atoms with Crippen molar-refractivity contribution in [2.45, 2.75) is 18.9 Å². The van der Waals surface area contributed by atoms with Gasteiger partial charge in [0, 0.05) is 22.8 Å². The van der Waals surface area contributed by atoms with E-state index in [4.69, 9.17) is 5.73 Å². The van der Waals surface area contributed by atoms with Crippen LogP contribution in [0.4, 0.5) is 0 Å². The fraction of sp³-hybridized carbons (Fsp3) is 0.571. The van der Waals surface area contributed by atoms with Gasteiger partial charge in [-0.1, -0.05) is 28.1 Å². The van der Waals surface area contributed by atoms with E-state index in [9.17, 15) is 0 Å². The molecule has 1 aromatic carbocycles. The Morgan fingerprint density at radius 2 is 2.22 bits per heavy atom. The lowest BCUT2D eigenvalue weighted by atomic mass is 10.0. The molecule has 1 atom stereocenters. The van der Waals surface area contributed by atoms with Crippen molar-refractivity contribution < 1.29 is 0 Å². The number of thioether (sulfide) groups is 1. The Morgan fingerprint density at radius 1 is 1.33 bits per heavy atom. The smallest absolute Gasteiger partial charge is 0.0307 e. The van der Waals surface area contributed by atoms with E-state index in [2.05, 4.69) is 50.8 Å². The minimum Gasteiger partial charge on any atom is -0.324 e. The van der Waals surface area contributed by atoms with Gasteiger partial charge in [0.1, 0.15) is 0 Å². The summed E-state index contributed by atoms with van der Waals surface area (Å²) in [4.78, 5) is 2.55. The monoisotopic (exact) mass is 328 g/mol. The van der Waals surface area contributed by atoms with Crippen LogP contribution in [0.2, 0.25) is 0 Å². The zero-order chi connectivity index (χ0) is 12.8. The molecular weight excluding hydrogens is 308 g/mol. The lowest BCUT2D eigenvalue weighted by molar-refractivity contribution is 0.283. The molecule has 18 heavy (non-hydrogen) atoms. The van der Waals surface area contributed by atoms with Crippen LogP contribution in [-0.2, 0) is 0 Å². The Hall–Kier alpha value is -0.0300. The van der Waals surface area contributed by atoms with E-state index >= 15 is 0 Å². The molecule has 0 radical (unpaired) electrons. The molecule has 0 amide bonds. The summed E-state index contributed by atoms with van der Waals surface area (Å²) in [7, 11) is 0. The number of hydrogen-bond acceptors (Lipinski definition) is 3. The molecule has 2 nitrogen and oxygen atoms in total. The van der Waals surface area contributed by atoms with Crippen LogP contribution in [0.1, 0.15) is 24.4 Å². The third-order valence-electron chi connectivity index (χ3n) is 3.35.